The number of nitrogens with zero attached hydrogens (tertiary/aromatic N) is 1. The summed E-state index contributed by atoms with van der Waals surface area (Å²) in [5.74, 6) is 0.0864. The first-order valence-corrected chi connectivity index (χ1v) is 7.16. The third kappa shape index (κ3) is 6.45. The molecule has 1 aliphatic rings. The van der Waals surface area contributed by atoms with Crippen molar-refractivity contribution >= 4 is 12.0 Å². The number of hydrogen-bond acceptors (Lipinski definition) is 2. The number of aliphatic carboxylic acids is 1. The lowest BCUT2D eigenvalue weighted by Gasteiger charge is -2.27. The molecule has 0 aromatic heterocycles. The Kier molecular flexibility index (Phi) is 6.12. The van der Waals surface area contributed by atoms with E-state index in [2.05, 4.69) is 5.32 Å². The quantitative estimate of drug-likeness (QED) is 0.711. The molecule has 1 aliphatic carbocycles. The monoisotopic (exact) mass is 270 g/mol. The van der Waals surface area contributed by atoms with Crippen LogP contribution in [0.15, 0.2) is 0 Å². The zero-order valence-electron chi connectivity index (χ0n) is 12.2. The van der Waals surface area contributed by atoms with Crippen LogP contribution in [0.5, 0.6) is 0 Å². The molecule has 2 amide bonds. The standard InChI is InChI=1S/C14H26N2O3/c1-10(2)16(9-12-5-6-12)14(19)15-8-11(3)4-7-13(17)18/h10-12H,4-9H2,1-3H3,(H,15,19)(H,17,18). The van der Waals surface area contributed by atoms with Crippen LogP contribution < -0.4 is 5.32 Å². The van der Waals surface area contributed by atoms with Crippen LogP contribution in [0.1, 0.15) is 46.5 Å². The molecule has 0 heterocycles. The first-order valence-electron chi connectivity index (χ1n) is 7.16. The Morgan fingerprint density at radius 1 is 1.32 bits per heavy atom. The summed E-state index contributed by atoms with van der Waals surface area (Å²) in [4.78, 5) is 24.4. The maximum Gasteiger partial charge on any atom is 0.317 e. The first-order chi connectivity index (χ1) is 8.90. The summed E-state index contributed by atoms with van der Waals surface area (Å²) >= 11 is 0. The number of carbonyl (C=O) groups excluding carboxylic acids is 1. The van der Waals surface area contributed by atoms with Gasteiger partial charge >= 0.3 is 12.0 Å². The molecular formula is C14H26N2O3. The Hall–Kier alpha value is -1.26. The maximum absolute atomic E-state index is 12.1. The van der Waals surface area contributed by atoms with Crippen LogP contribution in [-0.2, 0) is 4.79 Å². The van der Waals surface area contributed by atoms with Gasteiger partial charge in [0.2, 0.25) is 0 Å². The molecular weight excluding hydrogens is 244 g/mol. The molecule has 1 unspecified atom stereocenters. The summed E-state index contributed by atoms with van der Waals surface area (Å²) in [6.07, 6.45) is 3.21. The molecule has 0 spiro atoms. The zero-order valence-corrected chi connectivity index (χ0v) is 12.2. The molecule has 5 heteroatoms. The highest BCUT2D eigenvalue weighted by Crippen LogP contribution is 2.30. The van der Waals surface area contributed by atoms with Gasteiger partial charge in [-0.05, 0) is 44.9 Å². The van der Waals surface area contributed by atoms with E-state index < -0.39 is 5.97 Å². The van der Waals surface area contributed by atoms with Crippen LogP contribution in [0.2, 0.25) is 0 Å². The normalized spacial score (nSPS) is 16.2. The number of nitrogens with one attached hydrogen (secondary N) is 1. The molecule has 0 saturated heterocycles. The Labute approximate surface area is 115 Å². The van der Waals surface area contributed by atoms with Crippen molar-refractivity contribution in [3.8, 4) is 0 Å². The smallest absolute Gasteiger partial charge is 0.317 e. The number of rotatable bonds is 8. The molecule has 0 aromatic carbocycles. The van der Waals surface area contributed by atoms with E-state index in [4.69, 9.17) is 5.11 Å². The molecule has 0 aliphatic heterocycles. The van der Waals surface area contributed by atoms with E-state index in [0.717, 1.165) is 6.54 Å². The molecule has 19 heavy (non-hydrogen) atoms. The summed E-state index contributed by atoms with van der Waals surface area (Å²) in [7, 11) is 0. The molecule has 5 nitrogen and oxygen atoms in total. The van der Waals surface area contributed by atoms with Crippen molar-refractivity contribution in [2.45, 2.75) is 52.5 Å². The SMILES string of the molecule is CC(CCC(=O)O)CNC(=O)N(CC1CC1)C(C)C. The predicted octanol–water partition coefficient (Wildman–Crippen LogP) is 2.32. The van der Waals surface area contributed by atoms with Gasteiger partial charge in [0, 0.05) is 25.6 Å². The molecule has 1 atom stereocenters. The lowest BCUT2D eigenvalue weighted by atomic mass is 10.1. The van der Waals surface area contributed by atoms with E-state index in [0.29, 0.717) is 18.9 Å². The van der Waals surface area contributed by atoms with Gasteiger partial charge in [-0.2, -0.15) is 0 Å². The highest BCUT2D eigenvalue weighted by atomic mass is 16.4. The van der Waals surface area contributed by atoms with Gasteiger partial charge in [-0.15, -0.1) is 0 Å². The van der Waals surface area contributed by atoms with E-state index >= 15 is 0 Å². The van der Waals surface area contributed by atoms with Gasteiger partial charge < -0.3 is 15.3 Å². The second-order valence-corrected chi connectivity index (χ2v) is 5.91. The summed E-state index contributed by atoms with van der Waals surface area (Å²) in [6.45, 7) is 7.39. The third-order valence-electron chi connectivity index (χ3n) is 3.49. The number of urea groups is 1. The van der Waals surface area contributed by atoms with Crippen molar-refractivity contribution in [1.82, 2.24) is 10.2 Å². The van der Waals surface area contributed by atoms with Crippen LogP contribution in [0, 0.1) is 11.8 Å². The van der Waals surface area contributed by atoms with Crippen LogP contribution in [0.3, 0.4) is 0 Å². The average Bonchev–Trinajstić information content (AvgIpc) is 3.13. The van der Waals surface area contributed by atoms with Crippen LogP contribution >= 0.6 is 0 Å². The van der Waals surface area contributed by atoms with Crippen molar-refractivity contribution < 1.29 is 14.7 Å². The van der Waals surface area contributed by atoms with Crippen molar-refractivity contribution in [1.29, 1.82) is 0 Å². The van der Waals surface area contributed by atoms with Gasteiger partial charge in [-0.3, -0.25) is 4.79 Å². The lowest BCUT2D eigenvalue weighted by molar-refractivity contribution is -0.137. The number of amides is 2. The number of hydrogen-bond donors (Lipinski definition) is 2. The van der Waals surface area contributed by atoms with E-state index in [9.17, 15) is 9.59 Å². The van der Waals surface area contributed by atoms with E-state index in [-0.39, 0.29) is 24.4 Å². The first kappa shape index (κ1) is 15.8. The van der Waals surface area contributed by atoms with Crippen molar-refractivity contribution in [2.75, 3.05) is 13.1 Å². The van der Waals surface area contributed by atoms with Crippen LogP contribution in [-0.4, -0.2) is 41.1 Å². The van der Waals surface area contributed by atoms with E-state index in [1.807, 2.05) is 25.7 Å². The Balaban J connectivity index is 2.28. The van der Waals surface area contributed by atoms with Crippen LogP contribution in [0.4, 0.5) is 4.79 Å². The molecule has 1 rings (SSSR count). The minimum absolute atomic E-state index is 0.0240. The second kappa shape index (κ2) is 7.36. The molecule has 0 radical (unpaired) electrons. The molecule has 2 N–H and O–H groups in total. The second-order valence-electron chi connectivity index (χ2n) is 5.91. The summed E-state index contributed by atoms with van der Waals surface area (Å²) in [6, 6.07) is 0.180. The summed E-state index contributed by atoms with van der Waals surface area (Å²) in [5, 5.41) is 11.5. The Bertz CT molecular complexity index is 314. The van der Waals surface area contributed by atoms with Gasteiger partial charge in [0.15, 0.2) is 0 Å². The average molecular weight is 270 g/mol. The van der Waals surface area contributed by atoms with E-state index in [1.165, 1.54) is 12.8 Å². The largest absolute Gasteiger partial charge is 0.481 e. The zero-order chi connectivity index (χ0) is 14.4. The summed E-state index contributed by atoms with van der Waals surface area (Å²) < 4.78 is 0. The van der Waals surface area contributed by atoms with Gasteiger partial charge in [-0.25, -0.2) is 4.79 Å². The number of carbonyl (C=O) groups is 2. The lowest BCUT2D eigenvalue weighted by Crippen LogP contribution is -2.46. The van der Waals surface area contributed by atoms with Gasteiger partial charge in [-0.1, -0.05) is 6.92 Å². The fraction of sp³-hybridized carbons (Fsp3) is 0.857. The fourth-order valence-corrected chi connectivity index (χ4v) is 1.94. The molecule has 110 valence electrons. The molecule has 1 saturated carbocycles. The molecule has 0 bridgehead atoms. The number of carboxylic acids is 1. The Morgan fingerprint density at radius 2 is 1.95 bits per heavy atom. The summed E-state index contributed by atoms with van der Waals surface area (Å²) in [5.41, 5.74) is 0. The van der Waals surface area contributed by atoms with Crippen molar-refractivity contribution in [3.05, 3.63) is 0 Å². The fourth-order valence-electron chi connectivity index (χ4n) is 1.94. The Morgan fingerprint density at radius 3 is 2.42 bits per heavy atom. The molecule has 0 aromatic rings. The van der Waals surface area contributed by atoms with Crippen molar-refractivity contribution in [3.63, 3.8) is 0 Å². The van der Waals surface area contributed by atoms with E-state index in [1.54, 1.807) is 0 Å². The third-order valence-corrected chi connectivity index (χ3v) is 3.49. The van der Waals surface area contributed by atoms with Gasteiger partial charge in [0.1, 0.15) is 0 Å². The van der Waals surface area contributed by atoms with Gasteiger partial charge in [0.25, 0.3) is 0 Å². The predicted molar refractivity (Wildman–Crippen MR) is 74.0 cm³/mol. The minimum Gasteiger partial charge on any atom is -0.481 e. The maximum atomic E-state index is 12.1. The molecule has 1 fully saturated rings. The highest BCUT2D eigenvalue weighted by molar-refractivity contribution is 5.74. The number of carboxylic acid groups (broad SMARTS) is 1. The topological polar surface area (TPSA) is 69.6 Å². The minimum atomic E-state index is -0.782. The van der Waals surface area contributed by atoms with Gasteiger partial charge in [0.05, 0.1) is 0 Å². The van der Waals surface area contributed by atoms with Crippen molar-refractivity contribution in [2.24, 2.45) is 11.8 Å². The van der Waals surface area contributed by atoms with Crippen LogP contribution in [0.25, 0.3) is 0 Å². The highest BCUT2D eigenvalue weighted by Gasteiger charge is 2.28.